The van der Waals surface area contributed by atoms with E-state index in [9.17, 15) is 9.59 Å². The molecule has 3 aliphatic rings. The van der Waals surface area contributed by atoms with Gasteiger partial charge in [0.05, 0.1) is 12.7 Å². The fraction of sp³-hybridized carbons (Fsp3) is 0.778. The molecule has 3 fully saturated rings. The minimum atomic E-state index is -0.437. The number of carbonyl (C=O) groups is 2. The van der Waals surface area contributed by atoms with Crippen molar-refractivity contribution in [3.63, 3.8) is 0 Å². The fourth-order valence-corrected chi connectivity index (χ4v) is 4.30. The van der Waals surface area contributed by atoms with Crippen molar-refractivity contribution in [1.82, 2.24) is 30.1 Å². The molecule has 2 amide bonds. The second-order valence-corrected chi connectivity index (χ2v) is 8.00. The summed E-state index contributed by atoms with van der Waals surface area (Å²) in [6.45, 7) is 3.59. The first kappa shape index (κ1) is 18.2. The molecule has 9 heteroatoms. The number of hydrogen-bond acceptors (Lipinski definition) is 6. The van der Waals surface area contributed by atoms with Gasteiger partial charge in [-0.3, -0.25) is 9.48 Å². The molecule has 0 saturated carbocycles. The van der Waals surface area contributed by atoms with Crippen molar-refractivity contribution in [2.24, 2.45) is 0 Å². The van der Waals surface area contributed by atoms with Crippen LogP contribution in [0.25, 0.3) is 0 Å². The topological polar surface area (TPSA) is 92.6 Å². The van der Waals surface area contributed by atoms with Crippen molar-refractivity contribution in [3.05, 3.63) is 11.9 Å². The van der Waals surface area contributed by atoms with E-state index in [0.717, 1.165) is 19.5 Å². The van der Waals surface area contributed by atoms with Crippen molar-refractivity contribution in [1.29, 1.82) is 0 Å². The van der Waals surface area contributed by atoms with Crippen LogP contribution >= 0.6 is 0 Å². The van der Waals surface area contributed by atoms with Crippen LogP contribution in [-0.4, -0.2) is 81.7 Å². The number of ether oxygens (including phenoxy) is 1. The van der Waals surface area contributed by atoms with E-state index in [2.05, 4.69) is 15.6 Å². The van der Waals surface area contributed by atoms with Gasteiger partial charge in [0.15, 0.2) is 5.69 Å². The van der Waals surface area contributed by atoms with Gasteiger partial charge in [-0.25, -0.2) is 4.79 Å². The van der Waals surface area contributed by atoms with Crippen LogP contribution in [0.3, 0.4) is 0 Å². The Bertz CT molecular complexity index is 691. The summed E-state index contributed by atoms with van der Waals surface area (Å²) < 4.78 is 7.31. The molecule has 9 nitrogen and oxygen atoms in total. The van der Waals surface area contributed by atoms with Crippen molar-refractivity contribution in [3.8, 4) is 0 Å². The van der Waals surface area contributed by atoms with Crippen LogP contribution < -0.4 is 5.32 Å². The van der Waals surface area contributed by atoms with Crippen LogP contribution in [0.15, 0.2) is 6.20 Å². The number of hydrogen-bond donors (Lipinski definition) is 1. The number of piperidine rings is 2. The summed E-state index contributed by atoms with van der Waals surface area (Å²) in [5, 5.41) is 11.7. The summed E-state index contributed by atoms with van der Waals surface area (Å²) in [6, 6.07) is 0.535. The lowest BCUT2D eigenvalue weighted by molar-refractivity contribution is 0.00300. The monoisotopic (exact) mass is 376 g/mol. The molecule has 0 radical (unpaired) electrons. The van der Waals surface area contributed by atoms with Crippen LogP contribution in [0.2, 0.25) is 0 Å². The van der Waals surface area contributed by atoms with Gasteiger partial charge in [0.2, 0.25) is 0 Å². The Morgan fingerprint density at radius 1 is 1.37 bits per heavy atom. The van der Waals surface area contributed by atoms with Gasteiger partial charge in [-0.2, -0.15) is 0 Å². The summed E-state index contributed by atoms with van der Waals surface area (Å²) in [7, 11) is 1.75. The SMILES string of the molecule is CN1CC2(CCN(C(=O)c3cn(CCC4CCCCN4)nn3)CC2)OC1=O. The zero-order valence-corrected chi connectivity index (χ0v) is 15.9. The van der Waals surface area contributed by atoms with Crippen molar-refractivity contribution < 1.29 is 14.3 Å². The molecule has 1 N–H and O–H groups in total. The second-order valence-electron chi connectivity index (χ2n) is 8.00. The normalized spacial score (nSPS) is 25.1. The molecule has 3 saturated heterocycles. The van der Waals surface area contributed by atoms with E-state index in [0.29, 0.717) is 44.2 Å². The maximum Gasteiger partial charge on any atom is 0.410 e. The number of likely N-dealkylation sites (N-methyl/N-ethyl adjacent to an activating group) is 1. The van der Waals surface area contributed by atoms with Gasteiger partial charge in [-0.15, -0.1) is 5.10 Å². The van der Waals surface area contributed by atoms with Crippen molar-refractivity contribution in [2.45, 2.75) is 56.7 Å². The Morgan fingerprint density at radius 2 is 2.19 bits per heavy atom. The molecule has 0 aromatic carbocycles. The number of amides is 2. The molecule has 1 atom stereocenters. The maximum absolute atomic E-state index is 12.7. The smallest absolute Gasteiger partial charge is 0.410 e. The molecule has 1 spiro atoms. The highest BCUT2D eigenvalue weighted by atomic mass is 16.6. The molecule has 1 unspecified atom stereocenters. The zero-order valence-electron chi connectivity index (χ0n) is 15.9. The largest absolute Gasteiger partial charge is 0.441 e. The minimum Gasteiger partial charge on any atom is -0.441 e. The highest BCUT2D eigenvalue weighted by molar-refractivity contribution is 5.92. The number of nitrogens with zero attached hydrogens (tertiary/aromatic N) is 5. The van der Waals surface area contributed by atoms with Gasteiger partial charge in [0, 0.05) is 45.6 Å². The Morgan fingerprint density at radius 3 is 2.85 bits per heavy atom. The Hall–Kier alpha value is -2.16. The number of likely N-dealkylation sites (tertiary alicyclic amines) is 1. The minimum absolute atomic E-state index is 0.0930. The van der Waals surface area contributed by atoms with Crippen LogP contribution in [-0.2, 0) is 11.3 Å². The first-order chi connectivity index (χ1) is 13.0. The number of aryl methyl sites for hydroxylation is 1. The maximum atomic E-state index is 12.7. The average molecular weight is 376 g/mol. The average Bonchev–Trinajstić information content (AvgIpc) is 3.26. The molecular weight excluding hydrogens is 348 g/mol. The Balaban J connectivity index is 1.29. The third-order valence-electron chi connectivity index (χ3n) is 5.98. The van der Waals surface area contributed by atoms with Crippen LogP contribution in [0.1, 0.15) is 49.0 Å². The third-order valence-corrected chi connectivity index (χ3v) is 5.98. The van der Waals surface area contributed by atoms with Crippen molar-refractivity contribution >= 4 is 12.0 Å². The zero-order chi connectivity index (χ0) is 18.9. The summed E-state index contributed by atoms with van der Waals surface area (Å²) >= 11 is 0. The number of aromatic nitrogens is 3. The Labute approximate surface area is 159 Å². The molecule has 1 aromatic heterocycles. The standard InChI is InChI=1S/C18H28N6O3/c1-22-13-18(27-17(22)26)6-10-23(11-7-18)16(25)15-12-24(21-20-15)9-5-14-4-2-3-8-19-14/h12,14,19H,2-11,13H2,1H3. The molecule has 1 aromatic rings. The van der Waals surface area contributed by atoms with E-state index in [-0.39, 0.29) is 12.0 Å². The number of nitrogens with one attached hydrogen (secondary N) is 1. The number of rotatable bonds is 4. The predicted octanol–water partition coefficient (Wildman–Crippen LogP) is 0.867. The van der Waals surface area contributed by atoms with E-state index < -0.39 is 5.60 Å². The van der Waals surface area contributed by atoms with Gasteiger partial charge in [0.1, 0.15) is 5.60 Å². The molecule has 27 heavy (non-hydrogen) atoms. The van der Waals surface area contributed by atoms with E-state index in [4.69, 9.17) is 4.74 Å². The Kier molecular flexibility index (Phi) is 5.03. The van der Waals surface area contributed by atoms with Crippen LogP contribution in [0.5, 0.6) is 0 Å². The first-order valence-electron chi connectivity index (χ1n) is 9.92. The van der Waals surface area contributed by atoms with Crippen molar-refractivity contribution in [2.75, 3.05) is 33.2 Å². The quantitative estimate of drug-likeness (QED) is 0.838. The van der Waals surface area contributed by atoms with E-state index in [1.54, 1.807) is 27.7 Å². The lowest BCUT2D eigenvalue weighted by Gasteiger charge is -2.36. The molecular formula is C18H28N6O3. The highest BCUT2D eigenvalue weighted by Crippen LogP contribution is 2.32. The highest BCUT2D eigenvalue weighted by Gasteiger charge is 2.46. The van der Waals surface area contributed by atoms with E-state index >= 15 is 0 Å². The second kappa shape index (κ2) is 7.46. The summed E-state index contributed by atoms with van der Waals surface area (Å²) in [5.41, 5.74) is -0.0455. The van der Waals surface area contributed by atoms with E-state index in [1.165, 1.54) is 19.3 Å². The third kappa shape index (κ3) is 3.92. The molecule has 148 valence electrons. The summed E-state index contributed by atoms with van der Waals surface area (Å²) in [4.78, 5) is 27.8. The molecule has 4 rings (SSSR count). The van der Waals surface area contributed by atoms with Gasteiger partial charge in [-0.1, -0.05) is 11.6 Å². The van der Waals surface area contributed by atoms with Crippen LogP contribution in [0, 0.1) is 0 Å². The molecule has 3 aliphatic heterocycles. The van der Waals surface area contributed by atoms with Gasteiger partial charge < -0.3 is 19.9 Å². The summed E-state index contributed by atoms with van der Waals surface area (Å²) in [5.74, 6) is -0.0930. The van der Waals surface area contributed by atoms with E-state index in [1.807, 2.05) is 0 Å². The van der Waals surface area contributed by atoms with Crippen LogP contribution in [0.4, 0.5) is 4.79 Å². The first-order valence-corrected chi connectivity index (χ1v) is 9.92. The van der Waals surface area contributed by atoms with Gasteiger partial charge >= 0.3 is 6.09 Å². The summed E-state index contributed by atoms with van der Waals surface area (Å²) in [6.07, 6.45) is 7.54. The lowest BCUT2D eigenvalue weighted by atomic mass is 9.91. The lowest BCUT2D eigenvalue weighted by Crippen LogP contribution is -2.48. The molecule has 4 heterocycles. The predicted molar refractivity (Wildman–Crippen MR) is 97.3 cm³/mol. The van der Waals surface area contributed by atoms with Gasteiger partial charge in [-0.05, 0) is 25.8 Å². The molecule has 0 aliphatic carbocycles. The fourth-order valence-electron chi connectivity index (χ4n) is 4.30. The number of carbonyl (C=O) groups excluding carboxylic acids is 2. The molecule has 0 bridgehead atoms. The van der Waals surface area contributed by atoms with Gasteiger partial charge in [0.25, 0.3) is 5.91 Å².